The van der Waals surface area contributed by atoms with E-state index in [4.69, 9.17) is 46.4 Å². The molecule has 0 aromatic carbocycles. The van der Waals surface area contributed by atoms with Crippen LogP contribution in [-0.2, 0) is 23.7 Å². The lowest BCUT2D eigenvalue weighted by atomic mass is 9.84. The van der Waals surface area contributed by atoms with Crippen molar-refractivity contribution in [1.82, 2.24) is 25.5 Å². The Balaban J connectivity index is 1.20. The summed E-state index contributed by atoms with van der Waals surface area (Å²) < 4.78 is 27.8. The fourth-order valence-electron chi connectivity index (χ4n) is 7.04. The van der Waals surface area contributed by atoms with E-state index < -0.39 is 67.3 Å². The average Bonchev–Trinajstić information content (AvgIpc) is 3.79. The van der Waals surface area contributed by atoms with E-state index >= 15 is 0 Å². The standard InChI is InChI=1S/C35H60ClN7O12/c1-18-32(36)41-27(33(37)40-18)34(50)42-35(38)39-10-5-4-7-21-8-6-9-22(13-21)51-12-11-43(14-23(44)28(46)30(48)25-16-52-19(2)54-25)15-24(45)29(47)31(49)26-17-53-20(3)55-26/h19-26,28-31,44-49H,4-17H2,1-3H3,(H2,37,40)(H3,38,39,42,50)/t19-,20-,21?,22?,23+,24+,25-,26-,28-,29-,30-,31-/m1/s1. The largest absolute Gasteiger partial charge is 0.389 e. The molecular formula is C35H60ClN7O12. The first-order chi connectivity index (χ1) is 26.1. The van der Waals surface area contributed by atoms with Crippen molar-refractivity contribution in [1.29, 1.82) is 5.41 Å². The minimum atomic E-state index is -1.59. The highest BCUT2D eigenvalue weighted by molar-refractivity contribution is 6.30. The van der Waals surface area contributed by atoms with Crippen LogP contribution < -0.4 is 16.4 Å². The summed E-state index contributed by atoms with van der Waals surface area (Å²) in [5.41, 5.74) is 6.03. The van der Waals surface area contributed by atoms with E-state index in [-0.39, 0.29) is 68.2 Å². The molecule has 1 aromatic heterocycles. The Hall–Kier alpha value is -2.37. The van der Waals surface area contributed by atoms with E-state index in [9.17, 15) is 35.4 Å². The van der Waals surface area contributed by atoms with Gasteiger partial charge in [0.15, 0.2) is 35.2 Å². The summed E-state index contributed by atoms with van der Waals surface area (Å²) in [5.74, 6) is -0.497. The van der Waals surface area contributed by atoms with Crippen molar-refractivity contribution < 1.29 is 59.1 Å². The van der Waals surface area contributed by atoms with Crippen LogP contribution in [0, 0.1) is 18.3 Å². The van der Waals surface area contributed by atoms with Gasteiger partial charge in [-0.05, 0) is 46.0 Å². The third-order valence-electron chi connectivity index (χ3n) is 10.2. The molecule has 0 radical (unpaired) electrons. The van der Waals surface area contributed by atoms with Gasteiger partial charge in [-0.1, -0.05) is 37.3 Å². The lowest BCUT2D eigenvalue weighted by Gasteiger charge is -2.34. The van der Waals surface area contributed by atoms with Gasteiger partial charge in [-0.2, -0.15) is 0 Å². The molecule has 3 fully saturated rings. The first kappa shape index (κ1) is 45.3. The zero-order chi connectivity index (χ0) is 40.2. The molecule has 314 valence electrons. The number of amides is 1. The molecule has 3 heterocycles. The third kappa shape index (κ3) is 13.9. The normalized spacial score (nSPS) is 27.7. The van der Waals surface area contributed by atoms with Gasteiger partial charge in [-0.3, -0.25) is 20.4 Å². The molecular weight excluding hydrogens is 746 g/mol. The summed E-state index contributed by atoms with van der Waals surface area (Å²) >= 11 is 5.96. The van der Waals surface area contributed by atoms with Gasteiger partial charge in [0.25, 0.3) is 5.91 Å². The smallest absolute Gasteiger partial charge is 0.280 e. The number of aromatic nitrogens is 2. The number of hydrogen-bond acceptors (Lipinski definition) is 17. The van der Waals surface area contributed by atoms with Gasteiger partial charge < -0.3 is 65.4 Å². The van der Waals surface area contributed by atoms with Gasteiger partial charge in [0.05, 0.1) is 43.8 Å². The van der Waals surface area contributed by atoms with Crippen LogP contribution >= 0.6 is 11.6 Å². The number of nitrogens with two attached hydrogens (primary N) is 1. The number of aliphatic hydroxyl groups is 6. The lowest BCUT2D eigenvalue weighted by Crippen LogP contribution is -2.53. The molecule has 4 rings (SSSR count). The highest BCUT2D eigenvalue weighted by Crippen LogP contribution is 2.30. The average molecular weight is 806 g/mol. The highest BCUT2D eigenvalue weighted by atomic mass is 35.5. The molecule has 12 atom stereocenters. The topological polar surface area (TPSA) is 288 Å². The van der Waals surface area contributed by atoms with Crippen molar-refractivity contribution in [3.63, 3.8) is 0 Å². The zero-order valence-corrected chi connectivity index (χ0v) is 32.5. The minimum Gasteiger partial charge on any atom is -0.389 e. The van der Waals surface area contributed by atoms with Crippen molar-refractivity contribution in [3.8, 4) is 0 Å². The van der Waals surface area contributed by atoms with E-state index in [0.717, 1.165) is 44.9 Å². The summed E-state index contributed by atoms with van der Waals surface area (Å²) in [7, 11) is 0. The number of hydrogen-bond donors (Lipinski definition) is 10. The summed E-state index contributed by atoms with van der Waals surface area (Å²) in [6, 6.07) is 0. The van der Waals surface area contributed by atoms with Crippen LogP contribution in [0.1, 0.15) is 75.0 Å². The number of ether oxygens (including phenoxy) is 5. The number of aryl methyl sites for hydroxylation is 1. The zero-order valence-electron chi connectivity index (χ0n) is 31.8. The lowest BCUT2D eigenvalue weighted by molar-refractivity contribution is -0.136. The number of carbonyl (C=O) groups is 1. The number of carbonyl (C=O) groups excluding carboxylic acids is 1. The first-order valence-corrected chi connectivity index (χ1v) is 19.4. The van der Waals surface area contributed by atoms with Crippen LogP contribution in [0.3, 0.4) is 0 Å². The Morgan fingerprint density at radius 3 is 2.15 bits per heavy atom. The van der Waals surface area contributed by atoms with Crippen molar-refractivity contribution >= 4 is 29.3 Å². The van der Waals surface area contributed by atoms with Gasteiger partial charge >= 0.3 is 0 Å². The molecule has 2 saturated heterocycles. The number of rotatable bonds is 20. The van der Waals surface area contributed by atoms with Crippen LogP contribution in [0.25, 0.3) is 0 Å². The molecule has 3 aliphatic rings. The number of nitrogens with one attached hydrogen (secondary N) is 3. The van der Waals surface area contributed by atoms with E-state index in [1.54, 1.807) is 25.7 Å². The Bertz CT molecular complexity index is 1330. The highest BCUT2D eigenvalue weighted by Gasteiger charge is 2.39. The number of unbranched alkanes of at least 4 members (excludes halogenated alkanes) is 1. The monoisotopic (exact) mass is 805 g/mol. The minimum absolute atomic E-state index is 0.00869. The molecule has 55 heavy (non-hydrogen) atoms. The molecule has 11 N–H and O–H groups in total. The molecule has 1 amide bonds. The second kappa shape index (κ2) is 22.0. The first-order valence-electron chi connectivity index (χ1n) is 19.0. The second-order valence-corrected chi connectivity index (χ2v) is 15.0. The predicted molar refractivity (Wildman–Crippen MR) is 198 cm³/mol. The molecule has 1 saturated carbocycles. The van der Waals surface area contributed by atoms with Crippen molar-refractivity contribution in [2.24, 2.45) is 5.92 Å². The van der Waals surface area contributed by atoms with Crippen molar-refractivity contribution in [2.45, 2.75) is 133 Å². The number of anilines is 1. The summed E-state index contributed by atoms with van der Waals surface area (Å²) in [6.07, 6.45) is -5.30. The van der Waals surface area contributed by atoms with Crippen LogP contribution in [0.5, 0.6) is 0 Å². The molecule has 2 unspecified atom stereocenters. The molecule has 0 bridgehead atoms. The van der Waals surface area contributed by atoms with Crippen molar-refractivity contribution in [3.05, 3.63) is 16.5 Å². The maximum atomic E-state index is 12.5. The van der Waals surface area contributed by atoms with Gasteiger partial charge in [-0.25, -0.2) is 9.97 Å². The quantitative estimate of drug-likeness (QED) is 0.0430. The van der Waals surface area contributed by atoms with E-state index in [0.29, 0.717) is 18.2 Å². The summed E-state index contributed by atoms with van der Waals surface area (Å²) in [4.78, 5) is 22.0. The SMILES string of the molecule is Cc1nc(N)c(C(=O)NC(=N)NCCCCC2CCCC(OCCN(C[C@H](O)[C@@H](O)[C@H](O)[C@H]3CO[C@@H](C)O3)C[C@H](O)[C@@H](O)[C@H](O)[C@H]3CO[C@@H](C)O3)C2)nc1Cl. The number of aliphatic hydroxyl groups excluding tert-OH is 6. The molecule has 20 heteroatoms. The Morgan fingerprint density at radius 1 is 0.982 bits per heavy atom. The third-order valence-corrected chi connectivity index (χ3v) is 10.6. The van der Waals surface area contributed by atoms with E-state index in [1.807, 2.05) is 0 Å². The maximum Gasteiger partial charge on any atom is 0.280 e. The fraction of sp³-hybridized carbons (Fsp3) is 0.829. The summed E-state index contributed by atoms with van der Waals surface area (Å²) in [5, 5.41) is 78.0. The van der Waals surface area contributed by atoms with Gasteiger partial charge in [0.2, 0.25) is 0 Å². The number of halogens is 1. The van der Waals surface area contributed by atoms with Crippen LogP contribution in [0.2, 0.25) is 5.15 Å². The van der Waals surface area contributed by atoms with Crippen LogP contribution in [-0.4, -0.2) is 171 Å². The molecule has 19 nitrogen and oxygen atoms in total. The Kier molecular flexibility index (Phi) is 18.1. The molecule has 0 spiro atoms. The van der Waals surface area contributed by atoms with Crippen LogP contribution in [0.4, 0.5) is 5.82 Å². The predicted octanol–water partition coefficient (Wildman–Crippen LogP) is -0.989. The van der Waals surface area contributed by atoms with Gasteiger partial charge in [0.1, 0.15) is 36.6 Å². The molecule has 1 aliphatic carbocycles. The van der Waals surface area contributed by atoms with Crippen LogP contribution in [0.15, 0.2) is 0 Å². The Morgan fingerprint density at radius 2 is 1.58 bits per heavy atom. The Labute approximate surface area is 326 Å². The van der Waals surface area contributed by atoms with E-state index in [2.05, 4.69) is 20.6 Å². The molecule has 1 aromatic rings. The number of nitrogen functional groups attached to an aromatic ring is 1. The number of nitrogens with zero attached hydrogens (tertiary/aromatic N) is 3. The second-order valence-electron chi connectivity index (χ2n) is 14.6. The van der Waals surface area contributed by atoms with Gasteiger partial charge in [0, 0.05) is 26.2 Å². The summed E-state index contributed by atoms with van der Waals surface area (Å²) in [6.45, 7) is 5.60. The molecule has 2 aliphatic heterocycles. The number of guanidine groups is 1. The van der Waals surface area contributed by atoms with Gasteiger partial charge in [-0.15, -0.1) is 0 Å². The van der Waals surface area contributed by atoms with E-state index in [1.165, 1.54) is 0 Å². The maximum absolute atomic E-state index is 12.5. The fourth-order valence-corrected chi connectivity index (χ4v) is 7.17. The van der Waals surface area contributed by atoms with Crippen molar-refractivity contribution in [2.75, 3.05) is 51.7 Å².